The summed E-state index contributed by atoms with van der Waals surface area (Å²) >= 11 is 1.71. The highest BCUT2D eigenvalue weighted by Crippen LogP contribution is 2.31. The first-order valence-electron chi connectivity index (χ1n) is 11.0. The Labute approximate surface area is 172 Å². The lowest BCUT2D eigenvalue weighted by Gasteiger charge is -2.25. The van der Waals surface area contributed by atoms with E-state index in [1.165, 1.54) is 58.0 Å². The van der Waals surface area contributed by atoms with E-state index in [-0.39, 0.29) is 5.91 Å². The number of benzene rings is 1. The molecule has 0 saturated carbocycles. The summed E-state index contributed by atoms with van der Waals surface area (Å²) in [5.74, 6) is 0.0330. The average molecular weight is 401 g/mol. The molecule has 0 radical (unpaired) electrons. The molecule has 1 N–H and O–H groups in total. The Morgan fingerprint density at radius 3 is 2.50 bits per heavy atom. The van der Waals surface area contributed by atoms with Crippen LogP contribution in [0, 0.1) is 0 Å². The van der Waals surface area contributed by atoms with Crippen molar-refractivity contribution >= 4 is 32.6 Å². The molecule has 28 heavy (non-hydrogen) atoms. The van der Waals surface area contributed by atoms with Gasteiger partial charge in [-0.3, -0.25) is 4.79 Å². The normalized spacial score (nSPS) is 18.9. The number of thiazole rings is 1. The molecule has 2 fully saturated rings. The van der Waals surface area contributed by atoms with Crippen molar-refractivity contribution in [1.29, 1.82) is 0 Å². The van der Waals surface area contributed by atoms with Crippen LogP contribution in [-0.2, 0) is 0 Å². The van der Waals surface area contributed by atoms with Gasteiger partial charge in [0.15, 0.2) is 5.13 Å². The Morgan fingerprint density at radius 2 is 1.71 bits per heavy atom. The van der Waals surface area contributed by atoms with E-state index in [4.69, 9.17) is 4.98 Å². The van der Waals surface area contributed by atoms with Crippen LogP contribution < -0.4 is 10.2 Å². The highest BCUT2D eigenvalue weighted by molar-refractivity contribution is 7.22. The first-order valence-corrected chi connectivity index (χ1v) is 11.8. The standard InChI is InChI=1S/C22H32N4OS/c27-21(23-11-8-14-25-12-4-1-2-5-13-25)18-9-10-19-20(17-18)28-22(24-19)26-15-6-3-7-16-26/h9-10,17H,1-8,11-16H2,(H,23,27). The molecule has 2 aliphatic rings. The van der Waals surface area contributed by atoms with Gasteiger partial charge in [-0.25, -0.2) is 4.98 Å². The molecule has 152 valence electrons. The molecule has 4 rings (SSSR count). The molecular weight excluding hydrogens is 368 g/mol. The Balaban J connectivity index is 1.29. The van der Waals surface area contributed by atoms with Crippen LogP contribution in [0.25, 0.3) is 10.2 Å². The molecule has 0 bridgehead atoms. The topological polar surface area (TPSA) is 48.5 Å². The molecule has 1 aromatic heterocycles. The maximum Gasteiger partial charge on any atom is 0.251 e. The molecule has 1 amide bonds. The quantitative estimate of drug-likeness (QED) is 0.735. The number of rotatable bonds is 6. The average Bonchev–Trinajstić information content (AvgIpc) is 2.99. The largest absolute Gasteiger partial charge is 0.352 e. The van der Waals surface area contributed by atoms with Crippen LogP contribution >= 0.6 is 11.3 Å². The lowest BCUT2D eigenvalue weighted by atomic mass is 10.1. The van der Waals surface area contributed by atoms with Gasteiger partial charge in [0.05, 0.1) is 10.2 Å². The van der Waals surface area contributed by atoms with Crippen LogP contribution in [0.3, 0.4) is 0 Å². The molecule has 0 aliphatic carbocycles. The summed E-state index contributed by atoms with van der Waals surface area (Å²) in [5, 5.41) is 4.20. The van der Waals surface area contributed by atoms with Crippen molar-refractivity contribution in [3.63, 3.8) is 0 Å². The van der Waals surface area contributed by atoms with Crippen molar-refractivity contribution in [1.82, 2.24) is 15.2 Å². The third kappa shape index (κ3) is 5.03. The number of likely N-dealkylation sites (tertiary alicyclic amines) is 1. The van der Waals surface area contributed by atoms with Gasteiger partial charge in [0.25, 0.3) is 5.91 Å². The Bertz CT molecular complexity index is 776. The third-order valence-electron chi connectivity index (χ3n) is 5.90. The van der Waals surface area contributed by atoms with Gasteiger partial charge in [0.2, 0.25) is 0 Å². The van der Waals surface area contributed by atoms with Crippen LogP contribution in [-0.4, -0.2) is 55.1 Å². The minimum absolute atomic E-state index is 0.0330. The minimum atomic E-state index is 0.0330. The van der Waals surface area contributed by atoms with E-state index < -0.39 is 0 Å². The van der Waals surface area contributed by atoms with E-state index in [2.05, 4.69) is 15.1 Å². The van der Waals surface area contributed by atoms with Crippen LogP contribution in [0.4, 0.5) is 5.13 Å². The summed E-state index contributed by atoms with van der Waals surface area (Å²) in [6.07, 6.45) is 10.2. The summed E-state index contributed by atoms with van der Waals surface area (Å²) in [5.41, 5.74) is 1.75. The van der Waals surface area contributed by atoms with Gasteiger partial charge in [-0.2, -0.15) is 0 Å². The molecular formula is C22H32N4OS. The van der Waals surface area contributed by atoms with Crippen LogP contribution in [0.15, 0.2) is 18.2 Å². The number of carbonyl (C=O) groups excluding carboxylic acids is 1. The second-order valence-corrected chi connectivity index (χ2v) is 9.10. The van der Waals surface area contributed by atoms with E-state index in [0.717, 1.165) is 53.5 Å². The number of fused-ring (bicyclic) bond motifs is 1. The number of aromatic nitrogens is 1. The van der Waals surface area contributed by atoms with Crippen LogP contribution in [0.1, 0.15) is 61.7 Å². The molecule has 0 spiro atoms. The second-order valence-electron chi connectivity index (χ2n) is 8.09. The molecule has 3 heterocycles. The van der Waals surface area contributed by atoms with E-state index in [0.29, 0.717) is 0 Å². The molecule has 0 atom stereocenters. The first-order chi connectivity index (χ1) is 13.8. The zero-order valence-electron chi connectivity index (χ0n) is 16.8. The van der Waals surface area contributed by atoms with E-state index >= 15 is 0 Å². The maximum absolute atomic E-state index is 12.6. The first kappa shape index (κ1) is 19.6. The monoisotopic (exact) mass is 400 g/mol. The number of anilines is 1. The van der Waals surface area contributed by atoms with Gasteiger partial charge in [-0.1, -0.05) is 24.2 Å². The molecule has 1 aromatic carbocycles. The SMILES string of the molecule is O=C(NCCCN1CCCCCC1)c1ccc2nc(N3CCCCC3)sc2c1. The van der Waals surface area contributed by atoms with Crippen molar-refractivity contribution in [3.05, 3.63) is 23.8 Å². The Morgan fingerprint density at radius 1 is 1.00 bits per heavy atom. The van der Waals surface area contributed by atoms with Crippen molar-refractivity contribution in [2.75, 3.05) is 44.2 Å². The van der Waals surface area contributed by atoms with Gasteiger partial charge < -0.3 is 15.1 Å². The fraction of sp³-hybridized carbons (Fsp3) is 0.636. The van der Waals surface area contributed by atoms with Crippen molar-refractivity contribution in [2.45, 2.75) is 51.4 Å². The third-order valence-corrected chi connectivity index (χ3v) is 6.98. The van der Waals surface area contributed by atoms with E-state index in [9.17, 15) is 4.79 Å². The molecule has 2 saturated heterocycles. The summed E-state index contributed by atoms with van der Waals surface area (Å²) in [6.45, 7) is 6.47. The smallest absolute Gasteiger partial charge is 0.251 e. The lowest BCUT2D eigenvalue weighted by molar-refractivity contribution is 0.0952. The maximum atomic E-state index is 12.6. The number of amides is 1. The van der Waals surface area contributed by atoms with Gasteiger partial charge in [0, 0.05) is 25.2 Å². The molecule has 5 nitrogen and oxygen atoms in total. The zero-order chi connectivity index (χ0) is 19.2. The van der Waals surface area contributed by atoms with Gasteiger partial charge in [-0.05, 0) is 76.4 Å². The number of hydrogen-bond donors (Lipinski definition) is 1. The summed E-state index contributed by atoms with van der Waals surface area (Å²) < 4.78 is 1.11. The lowest BCUT2D eigenvalue weighted by Crippen LogP contribution is -2.30. The Kier molecular flexibility index (Phi) is 6.81. The fourth-order valence-electron chi connectivity index (χ4n) is 4.24. The minimum Gasteiger partial charge on any atom is -0.352 e. The van der Waals surface area contributed by atoms with Gasteiger partial charge >= 0.3 is 0 Å². The van der Waals surface area contributed by atoms with E-state index in [1.807, 2.05) is 18.2 Å². The number of hydrogen-bond acceptors (Lipinski definition) is 5. The predicted molar refractivity (Wildman–Crippen MR) is 118 cm³/mol. The highest BCUT2D eigenvalue weighted by Gasteiger charge is 2.16. The number of piperidine rings is 1. The van der Waals surface area contributed by atoms with Crippen molar-refractivity contribution in [3.8, 4) is 0 Å². The molecule has 2 aromatic rings. The highest BCUT2D eigenvalue weighted by atomic mass is 32.1. The summed E-state index contributed by atoms with van der Waals surface area (Å²) in [4.78, 5) is 22.3. The number of nitrogens with zero attached hydrogens (tertiary/aromatic N) is 3. The fourth-order valence-corrected chi connectivity index (χ4v) is 5.30. The second kappa shape index (κ2) is 9.70. The summed E-state index contributed by atoms with van der Waals surface area (Å²) in [6, 6.07) is 5.90. The molecule has 6 heteroatoms. The summed E-state index contributed by atoms with van der Waals surface area (Å²) in [7, 11) is 0. The van der Waals surface area contributed by atoms with Crippen LogP contribution in [0.2, 0.25) is 0 Å². The van der Waals surface area contributed by atoms with Gasteiger partial charge in [0.1, 0.15) is 0 Å². The predicted octanol–water partition coefficient (Wildman–Crippen LogP) is 4.28. The van der Waals surface area contributed by atoms with Crippen molar-refractivity contribution < 1.29 is 4.79 Å². The van der Waals surface area contributed by atoms with E-state index in [1.54, 1.807) is 11.3 Å². The van der Waals surface area contributed by atoms with Crippen molar-refractivity contribution in [2.24, 2.45) is 0 Å². The zero-order valence-corrected chi connectivity index (χ0v) is 17.6. The number of carbonyl (C=O) groups is 1. The van der Waals surface area contributed by atoms with Crippen LogP contribution in [0.5, 0.6) is 0 Å². The Hall–Kier alpha value is -1.66. The molecule has 2 aliphatic heterocycles. The number of nitrogens with one attached hydrogen (secondary N) is 1. The van der Waals surface area contributed by atoms with Gasteiger partial charge in [-0.15, -0.1) is 0 Å². The molecule has 0 unspecified atom stereocenters.